The number of benzene rings is 2. The molecule has 0 radical (unpaired) electrons. The predicted molar refractivity (Wildman–Crippen MR) is 116 cm³/mol. The molecule has 0 amide bonds. The lowest BCUT2D eigenvalue weighted by atomic mass is 9.83. The third-order valence-electron chi connectivity index (χ3n) is 5.12. The van der Waals surface area contributed by atoms with E-state index in [0.717, 1.165) is 22.7 Å². The lowest BCUT2D eigenvalue weighted by Crippen LogP contribution is -2.36. The second kappa shape index (κ2) is 8.08. The Balaban J connectivity index is 2.25. The number of nitrogens with zero attached hydrogens (tertiary/aromatic N) is 1. The van der Waals surface area contributed by atoms with E-state index in [-0.39, 0.29) is 12.4 Å². The van der Waals surface area contributed by atoms with Crippen LogP contribution in [0.25, 0.3) is 10.9 Å². The Morgan fingerprint density at radius 2 is 1.86 bits per heavy atom. The molecule has 2 aromatic carbocycles. The fourth-order valence-corrected chi connectivity index (χ4v) is 4.43. The zero-order chi connectivity index (χ0) is 21.2. The molecule has 6 nitrogen and oxygen atoms in total. The zero-order valence-electron chi connectivity index (χ0n) is 16.5. The smallest absolute Gasteiger partial charge is 0.308 e. The average molecular weight is 435 g/mol. The topological polar surface area (TPSA) is 77.4 Å². The first kappa shape index (κ1) is 21.2. The maximum atomic E-state index is 12.4. The summed E-state index contributed by atoms with van der Waals surface area (Å²) in [7, 11) is -2.06. The molecule has 1 N–H and O–H groups in total. The Bertz CT molecular complexity index is 1140. The van der Waals surface area contributed by atoms with Gasteiger partial charge in [0.2, 0.25) is 10.0 Å². The number of halogens is 1. The largest absolute Gasteiger partial charge is 0.469 e. The lowest BCUT2D eigenvalue weighted by Gasteiger charge is -2.35. The first-order chi connectivity index (χ1) is 13.7. The summed E-state index contributed by atoms with van der Waals surface area (Å²) < 4.78 is 33.0. The minimum Gasteiger partial charge on any atom is -0.469 e. The monoisotopic (exact) mass is 434 g/mol. The Hall–Kier alpha value is -2.51. The van der Waals surface area contributed by atoms with Crippen LogP contribution < -0.4 is 4.72 Å². The molecule has 29 heavy (non-hydrogen) atoms. The quantitative estimate of drug-likeness (QED) is 0.559. The van der Waals surface area contributed by atoms with E-state index in [1.54, 1.807) is 24.3 Å². The van der Waals surface area contributed by atoms with E-state index in [4.69, 9.17) is 16.3 Å². The number of anilines is 1. The third-order valence-corrected chi connectivity index (χ3v) is 5.96. The normalized spacial score (nSPS) is 13.8. The summed E-state index contributed by atoms with van der Waals surface area (Å²) >= 11 is 6.08. The Labute approximate surface area is 175 Å². The van der Waals surface area contributed by atoms with E-state index in [2.05, 4.69) is 4.72 Å². The van der Waals surface area contributed by atoms with Crippen molar-refractivity contribution in [1.82, 2.24) is 4.57 Å². The lowest BCUT2D eigenvalue weighted by molar-refractivity contribution is -0.142. The molecular weight excluding hydrogens is 412 g/mol. The molecule has 1 heterocycles. The second-order valence-electron chi connectivity index (χ2n) is 6.94. The van der Waals surface area contributed by atoms with Gasteiger partial charge in [0.25, 0.3) is 0 Å². The van der Waals surface area contributed by atoms with Gasteiger partial charge >= 0.3 is 5.97 Å². The van der Waals surface area contributed by atoms with Crippen LogP contribution in [0.1, 0.15) is 25.3 Å². The summed E-state index contributed by atoms with van der Waals surface area (Å²) in [4.78, 5) is 12.4. The molecule has 0 saturated carbocycles. The third kappa shape index (κ3) is 4.26. The summed E-state index contributed by atoms with van der Waals surface area (Å²) in [6, 6.07) is 14.6. The van der Waals surface area contributed by atoms with Crippen molar-refractivity contribution in [3.8, 4) is 0 Å². The molecule has 3 rings (SSSR count). The Morgan fingerprint density at radius 1 is 1.17 bits per heavy atom. The number of methoxy groups -OCH3 is 1. The Morgan fingerprint density at radius 3 is 2.45 bits per heavy atom. The van der Waals surface area contributed by atoms with E-state index in [9.17, 15) is 13.2 Å². The number of aromatic nitrogens is 1. The number of ether oxygens (including phenoxy) is 1. The molecule has 0 bridgehead atoms. The molecule has 0 saturated heterocycles. The summed E-state index contributed by atoms with van der Waals surface area (Å²) in [5.74, 6) is -0.339. The number of sulfonamides is 1. The summed E-state index contributed by atoms with van der Waals surface area (Å²) in [6.07, 6.45) is 3.72. The Kier molecular flexibility index (Phi) is 5.91. The van der Waals surface area contributed by atoms with Crippen molar-refractivity contribution in [3.05, 3.63) is 65.3 Å². The second-order valence-corrected chi connectivity index (χ2v) is 9.13. The van der Waals surface area contributed by atoms with Gasteiger partial charge in [-0.15, -0.1) is 0 Å². The van der Waals surface area contributed by atoms with Gasteiger partial charge in [0.05, 0.1) is 36.5 Å². The minimum atomic E-state index is -3.43. The first-order valence-corrected chi connectivity index (χ1v) is 11.4. The summed E-state index contributed by atoms with van der Waals surface area (Å²) in [6.45, 7) is 2.00. The number of esters is 1. The SMILES string of the molecule is CCC(CC(=O)OC)(c1ccc(Cl)cc1)n1ccc2c(NS(C)(=O)=O)cccc21. The molecule has 0 aliphatic rings. The molecular formula is C21H23ClN2O4S. The van der Waals surface area contributed by atoms with Crippen LogP contribution >= 0.6 is 11.6 Å². The highest BCUT2D eigenvalue weighted by Crippen LogP contribution is 2.39. The van der Waals surface area contributed by atoms with E-state index < -0.39 is 15.6 Å². The van der Waals surface area contributed by atoms with Crippen LogP contribution in [-0.4, -0.2) is 32.3 Å². The number of fused-ring (bicyclic) bond motifs is 1. The molecule has 1 unspecified atom stereocenters. The van der Waals surface area contributed by atoms with Crippen molar-refractivity contribution in [1.29, 1.82) is 0 Å². The van der Waals surface area contributed by atoms with E-state index in [1.165, 1.54) is 7.11 Å². The van der Waals surface area contributed by atoms with Crippen molar-refractivity contribution < 1.29 is 17.9 Å². The standard InChI is InChI=1S/C21H23ClN2O4S/c1-4-21(14-20(25)28-2,15-8-10-16(22)11-9-15)24-13-12-17-18(23-29(3,26)27)6-5-7-19(17)24/h5-13,23H,4,14H2,1-3H3. The molecule has 3 aromatic rings. The van der Waals surface area contributed by atoms with Crippen LogP contribution in [0.5, 0.6) is 0 Å². The molecule has 1 aromatic heterocycles. The molecule has 0 aliphatic heterocycles. The van der Waals surface area contributed by atoms with Gasteiger partial charge in [0.1, 0.15) is 0 Å². The van der Waals surface area contributed by atoms with Crippen LogP contribution in [-0.2, 0) is 25.1 Å². The van der Waals surface area contributed by atoms with E-state index >= 15 is 0 Å². The van der Waals surface area contributed by atoms with Gasteiger partial charge in [-0.2, -0.15) is 0 Å². The van der Waals surface area contributed by atoms with Crippen LogP contribution in [0.3, 0.4) is 0 Å². The molecule has 1 atom stereocenters. The van der Waals surface area contributed by atoms with Gasteiger partial charge in [0.15, 0.2) is 0 Å². The van der Waals surface area contributed by atoms with Crippen LogP contribution in [0.4, 0.5) is 5.69 Å². The van der Waals surface area contributed by atoms with E-state index in [0.29, 0.717) is 17.1 Å². The van der Waals surface area contributed by atoms with Crippen molar-refractivity contribution in [2.75, 3.05) is 18.1 Å². The van der Waals surface area contributed by atoms with Crippen LogP contribution in [0.2, 0.25) is 5.02 Å². The fourth-order valence-electron chi connectivity index (χ4n) is 3.73. The summed E-state index contributed by atoms with van der Waals surface area (Å²) in [5.41, 5.74) is 1.49. The number of rotatable bonds is 7. The highest BCUT2D eigenvalue weighted by atomic mass is 35.5. The number of carbonyl (C=O) groups is 1. The van der Waals surface area contributed by atoms with Crippen molar-refractivity contribution in [3.63, 3.8) is 0 Å². The maximum Gasteiger partial charge on any atom is 0.308 e. The molecule has 154 valence electrons. The number of hydrogen-bond donors (Lipinski definition) is 1. The number of carbonyl (C=O) groups excluding carboxylic acids is 1. The van der Waals surface area contributed by atoms with Crippen molar-refractivity contribution >= 4 is 44.2 Å². The highest BCUT2D eigenvalue weighted by Gasteiger charge is 2.36. The zero-order valence-corrected chi connectivity index (χ0v) is 18.0. The summed E-state index contributed by atoms with van der Waals surface area (Å²) in [5, 5.41) is 1.35. The molecule has 0 fully saturated rings. The van der Waals surface area contributed by atoms with Gasteiger partial charge in [-0.05, 0) is 42.3 Å². The number of hydrogen-bond acceptors (Lipinski definition) is 4. The van der Waals surface area contributed by atoms with E-state index in [1.807, 2.05) is 42.0 Å². The van der Waals surface area contributed by atoms with Crippen molar-refractivity contribution in [2.45, 2.75) is 25.3 Å². The highest BCUT2D eigenvalue weighted by molar-refractivity contribution is 7.92. The maximum absolute atomic E-state index is 12.4. The molecule has 0 aliphatic carbocycles. The minimum absolute atomic E-state index is 0.120. The first-order valence-electron chi connectivity index (χ1n) is 9.11. The van der Waals surface area contributed by atoms with Gasteiger partial charge in [0, 0.05) is 16.6 Å². The predicted octanol–water partition coefficient (Wildman–Crippen LogP) is 4.38. The fraction of sp³-hybridized carbons (Fsp3) is 0.286. The van der Waals surface area contributed by atoms with Gasteiger partial charge < -0.3 is 9.30 Å². The van der Waals surface area contributed by atoms with Crippen LogP contribution in [0.15, 0.2) is 54.7 Å². The van der Waals surface area contributed by atoms with Gasteiger partial charge in [-0.3, -0.25) is 9.52 Å². The van der Waals surface area contributed by atoms with Crippen LogP contribution in [0, 0.1) is 0 Å². The van der Waals surface area contributed by atoms with Crippen molar-refractivity contribution in [2.24, 2.45) is 0 Å². The molecule has 8 heteroatoms. The van der Waals surface area contributed by atoms with Gasteiger partial charge in [-0.25, -0.2) is 8.42 Å². The van der Waals surface area contributed by atoms with Gasteiger partial charge in [-0.1, -0.05) is 36.7 Å². The number of nitrogens with one attached hydrogen (secondary N) is 1. The molecule has 0 spiro atoms. The average Bonchev–Trinajstić information content (AvgIpc) is 3.11.